The van der Waals surface area contributed by atoms with Gasteiger partial charge in [-0.2, -0.15) is 0 Å². The zero-order valence-corrected chi connectivity index (χ0v) is 9.31. The molecule has 0 rings (SSSR count). The maximum Gasteiger partial charge on any atom is -0.00490 e. The lowest BCUT2D eigenvalue weighted by Gasteiger charge is -2.00. The molecule has 0 aromatic rings. The summed E-state index contributed by atoms with van der Waals surface area (Å²) in [6.07, 6.45) is 16.4. The largest absolute Gasteiger partial charge is 0.317 e. The molecule has 0 aliphatic rings. The van der Waals surface area contributed by atoms with E-state index in [0.29, 0.717) is 0 Å². The Balaban J connectivity index is 0. The zero-order chi connectivity index (χ0) is 10.4. The van der Waals surface area contributed by atoms with Crippen LogP contribution in [0.1, 0.15) is 52.4 Å². The molecule has 0 fully saturated rings. The number of unbranched alkanes of at least 4 members (excludes halogenated alkanes) is 5. The number of hydrogen-bond donors (Lipinski definition) is 1. The molecule has 0 heterocycles. The Morgan fingerprint density at radius 1 is 0.846 bits per heavy atom. The van der Waals surface area contributed by atoms with Gasteiger partial charge in [-0.3, -0.25) is 0 Å². The molecule has 0 saturated heterocycles. The van der Waals surface area contributed by atoms with Gasteiger partial charge in [0.15, 0.2) is 0 Å². The van der Waals surface area contributed by atoms with E-state index >= 15 is 0 Å². The molecule has 1 nitrogen and oxygen atoms in total. The Morgan fingerprint density at radius 3 is 1.92 bits per heavy atom. The molecular weight excluding hydrogens is 158 g/mol. The summed E-state index contributed by atoms with van der Waals surface area (Å²) in [4.78, 5) is 0. The molecule has 0 aliphatic carbocycles. The molecule has 1 heteroatoms. The summed E-state index contributed by atoms with van der Waals surface area (Å²) in [6.45, 7) is 6.76. The maximum atomic E-state index is 4.00. The van der Waals surface area contributed by atoms with Gasteiger partial charge in [0.1, 0.15) is 0 Å². The number of rotatable bonds is 8. The summed E-state index contributed by atoms with van der Waals surface area (Å²) >= 11 is 0. The summed E-state index contributed by atoms with van der Waals surface area (Å²) in [5.41, 5.74) is 0. The smallest absolute Gasteiger partial charge is 0.00490 e. The van der Waals surface area contributed by atoms with Gasteiger partial charge in [0.05, 0.1) is 0 Å². The van der Waals surface area contributed by atoms with Crippen molar-refractivity contribution >= 4 is 0 Å². The molecule has 0 aliphatic heterocycles. The average molecular weight is 183 g/mol. The first-order valence-electron chi connectivity index (χ1n) is 5.45. The van der Waals surface area contributed by atoms with Crippen LogP contribution in [0.4, 0.5) is 0 Å². The normalized spacial score (nSPS) is 8.92. The fourth-order valence-electron chi connectivity index (χ4n) is 1.21. The van der Waals surface area contributed by atoms with E-state index in [1.807, 2.05) is 0 Å². The van der Waals surface area contributed by atoms with Crippen molar-refractivity contribution in [3.63, 3.8) is 0 Å². The van der Waals surface area contributed by atoms with E-state index in [9.17, 15) is 0 Å². The van der Waals surface area contributed by atoms with Gasteiger partial charge >= 0.3 is 0 Å². The lowest BCUT2D eigenvalue weighted by Crippen LogP contribution is -2.13. The van der Waals surface area contributed by atoms with Gasteiger partial charge in [0.25, 0.3) is 0 Å². The fourth-order valence-corrected chi connectivity index (χ4v) is 1.21. The van der Waals surface area contributed by atoms with E-state index in [-0.39, 0.29) is 0 Å². The van der Waals surface area contributed by atoms with Crippen LogP contribution >= 0.6 is 0 Å². The van der Waals surface area contributed by atoms with E-state index in [1.165, 1.54) is 45.1 Å². The van der Waals surface area contributed by atoms with E-state index in [0.717, 1.165) is 6.54 Å². The van der Waals surface area contributed by atoms with Crippen molar-refractivity contribution in [3.05, 3.63) is 0 Å². The first-order valence-corrected chi connectivity index (χ1v) is 5.45. The van der Waals surface area contributed by atoms with Crippen LogP contribution in [0.15, 0.2) is 0 Å². The quantitative estimate of drug-likeness (QED) is 0.450. The predicted octanol–water partition coefficient (Wildman–Crippen LogP) is 3.21. The van der Waals surface area contributed by atoms with Crippen LogP contribution in [0.25, 0.3) is 0 Å². The molecule has 13 heavy (non-hydrogen) atoms. The molecule has 0 bridgehead atoms. The topological polar surface area (TPSA) is 12.0 Å². The molecule has 0 atom stereocenters. The first-order chi connectivity index (χ1) is 6.41. The highest BCUT2D eigenvalue weighted by Crippen LogP contribution is 2.03. The van der Waals surface area contributed by atoms with Crippen LogP contribution in [0.5, 0.6) is 0 Å². The molecule has 78 valence electrons. The van der Waals surface area contributed by atoms with Crippen LogP contribution in [-0.4, -0.2) is 13.1 Å². The Labute approximate surface area is 84.3 Å². The van der Waals surface area contributed by atoms with Crippen molar-refractivity contribution < 1.29 is 0 Å². The maximum absolute atomic E-state index is 4.00. The lowest BCUT2D eigenvalue weighted by molar-refractivity contribution is 0.580. The van der Waals surface area contributed by atoms with Crippen molar-refractivity contribution in [1.29, 1.82) is 0 Å². The van der Waals surface area contributed by atoms with Crippen LogP contribution in [0.3, 0.4) is 0 Å². The van der Waals surface area contributed by atoms with E-state index < -0.39 is 0 Å². The highest BCUT2D eigenvalue weighted by atomic mass is 14.8. The van der Waals surface area contributed by atoms with Gasteiger partial charge in [0, 0.05) is 0 Å². The van der Waals surface area contributed by atoms with E-state index in [1.54, 1.807) is 0 Å². The minimum atomic E-state index is 1.12. The van der Waals surface area contributed by atoms with Gasteiger partial charge in [-0.15, -0.1) is 12.8 Å². The van der Waals surface area contributed by atoms with Crippen molar-refractivity contribution in [2.24, 2.45) is 0 Å². The van der Waals surface area contributed by atoms with E-state index in [4.69, 9.17) is 0 Å². The third kappa shape index (κ3) is 18.5. The monoisotopic (exact) mass is 183 g/mol. The van der Waals surface area contributed by atoms with Gasteiger partial charge in [-0.25, -0.2) is 0 Å². The number of terminal acetylenes is 1. The summed E-state index contributed by atoms with van der Waals surface area (Å²) in [7, 11) is 0. The minimum absolute atomic E-state index is 1.12. The summed E-state index contributed by atoms with van der Waals surface area (Å²) in [5.74, 6) is 0. The van der Waals surface area contributed by atoms with Crippen LogP contribution in [0, 0.1) is 12.8 Å². The van der Waals surface area contributed by atoms with Crippen LogP contribution in [0.2, 0.25) is 0 Å². The minimum Gasteiger partial charge on any atom is -0.317 e. The Hall–Kier alpha value is -0.480. The molecule has 1 N–H and O–H groups in total. The molecule has 0 unspecified atom stereocenters. The van der Waals surface area contributed by atoms with Crippen LogP contribution < -0.4 is 5.32 Å². The Kier molecular flexibility index (Phi) is 20.3. The van der Waals surface area contributed by atoms with Crippen molar-refractivity contribution in [2.75, 3.05) is 13.1 Å². The average Bonchev–Trinajstić information content (AvgIpc) is 2.20. The van der Waals surface area contributed by atoms with Crippen molar-refractivity contribution in [1.82, 2.24) is 5.32 Å². The summed E-state index contributed by atoms with van der Waals surface area (Å²) in [6, 6.07) is 0. The third-order valence-corrected chi connectivity index (χ3v) is 1.96. The van der Waals surface area contributed by atoms with Gasteiger partial charge in [0.2, 0.25) is 0 Å². The molecule has 0 spiro atoms. The van der Waals surface area contributed by atoms with Gasteiger partial charge in [-0.05, 0) is 19.5 Å². The third-order valence-electron chi connectivity index (χ3n) is 1.96. The van der Waals surface area contributed by atoms with Gasteiger partial charge in [-0.1, -0.05) is 46.0 Å². The molecule has 0 aromatic heterocycles. The lowest BCUT2D eigenvalue weighted by atomic mass is 10.1. The number of hydrogen-bond acceptors (Lipinski definition) is 1. The molecule has 0 aromatic carbocycles. The van der Waals surface area contributed by atoms with Crippen LogP contribution in [-0.2, 0) is 0 Å². The highest BCUT2D eigenvalue weighted by Gasteiger charge is 1.88. The van der Waals surface area contributed by atoms with E-state index in [2.05, 4.69) is 32.0 Å². The van der Waals surface area contributed by atoms with Crippen molar-refractivity contribution in [3.8, 4) is 12.8 Å². The zero-order valence-electron chi connectivity index (χ0n) is 9.31. The fraction of sp³-hybridized carbons (Fsp3) is 0.833. The second-order valence-electron chi connectivity index (χ2n) is 3.12. The predicted molar refractivity (Wildman–Crippen MR) is 61.8 cm³/mol. The highest BCUT2D eigenvalue weighted by molar-refractivity contribution is 4.47. The second-order valence-corrected chi connectivity index (χ2v) is 3.12. The van der Waals surface area contributed by atoms with Gasteiger partial charge < -0.3 is 5.32 Å². The Bertz CT molecular complexity index is 78.4. The van der Waals surface area contributed by atoms with Crippen molar-refractivity contribution in [2.45, 2.75) is 52.4 Å². The summed E-state index contributed by atoms with van der Waals surface area (Å²) in [5, 5.41) is 3.34. The second kappa shape index (κ2) is 17.6. The number of nitrogens with one attached hydrogen (secondary N) is 1. The standard InChI is InChI=1S/C10H23N.C2H2/c1-3-5-6-7-8-9-10-11-4-2;1-2/h11H,3-10H2,1-2H3;1-2H. The molecule has 0 saturated carbocycles. The summed E-state index contributed by atoms with van der Waals surface area (Å²) < 4.78 is 0. The first kappa shape index (κ1) is 15.0. The Morgan fingerprint density at radius 2 is 1.38 bits per heavy atom. The molecular formula is C12H25N. The SMILES string of the molecule is C#C.CCCCCCCCNCC. The molecule has 0 radical (unpaired) electrons. The molecule has 0 amide bonds.